The summed E-state index contributed by atoms with van der Waals surface area (Å²) in [5, 5.41) is 0. The molecule has 1 saturated heterocycles. The number of hydrogen-bond acceptors (Lipinski definition) is 4. The van der Waals surface area contributed by atoms with Crippen LogP contribution in [0.5, 0.6) is 0 Å². The van der Waals surface area contributed by atoms with Gasteiger partial charge < -0.3 is 9.88 Å². The van der Waals surface area contributed by atoms with E-state index < -0.39 is 0 Å². The van der Waals surface area contributed by atoms with Gasteiger partial charge in [-0.25, -0.2) is 14.8 Å². The van der Waals surface area contributed by atoms with Gasteiger partial charge in [-0.05, 0) is 55.4 Å². The Hall–Kier alpha value is -3.74. The Morgan fingerprint density at radius 2 is 1.89 bits per heavy atom. The van der Waals surface area contributed by atoms with Gasteiger partial charge in [0.1, 0.15) is 5.52 Å². The predicted octanol–water partition coefficient (Wildman–Crippen LogP) is 4.97. The zero-order valence-electron chi connectivity index (χ0n) is 20.5. The first-order chi connectivity index (χ1) is 16.9. The van der Waals surface area contributed by atoms with Gasteiger partial charge in [-0.15, -0.1) is 0 Å². The molecule has 1 aliphatic heterocycles. The Balaban J connectivity index is 1.44. The minimum absolute atomic E-state index is 0.0780. The summed E-state index contributed by atoms with van der Waals surface area (Å²) in [6, 6.07) is 15.9. The highest BCUT2D eigenvalue weighted by Gasteiger charge is 2.24. The fourth-order valence-electron chi connectivity index (χ4n) is 4.93. The molecule has 5 rings (SSSR count). The van der Waals surface area contributed by atoms with Crippen molar-refractivity contribution in [3.8, 4) is 11.4 Å². The minimum atomic E-state index is -0.231. The first kappa shape index (κ1) is 23.0. The Morgan fingerprint density at radius 1 is 1.11 bits per heavy atom. The number of benzene rings is 2. The van der Waals surface area contributed by atoms with Crippen molar-refractivity contribution in [2.45, 2.75) is 58.5 Å². The number of hydrogen-bond donors (Lipinski definition) is 1. The molecule has 1 fully saturated rings. The summed E-state index contributed by atoms with van der Waals surface area (Å²) in [5.41, 5.74) is 4.69. The third kappa shape index (κ3) is 4.50. The Labute approximate surface area is 204 Å². The Kier molecular flexibility index (Phi) is 6.24. The monoisotopic (exact) mass is 469 g/mol. The second-order valence-corrected chi connectivity index (χ2v) is 9.73. The van der Waals surface area contributed by atoms with Crippen LogP contribution in [0.4, 0.5) is 0 Å². The highest BCUT2D eigenvalue weighted by Crippen LogP contribution is 2.27. The molecule has 1 aliphatic rings. The third-order valence-corrected chi connectivity index (χ3v) is 6.94. The summed E-state index contributed by atoms with van der Waals surface area (Å²) >= 11 is 0. The molecule has 2 aromatic heterocycles. The molecule has 35 heavy (non-hydrogen) atoms. The SMILES string of the molecule is CC(C)c1ccccc1-c1ncc2[nH]c(=O)n(Cc3ccc(C(=O)N4CCCC[C@@H]4C)cc3)c2n1. The van der Waals surface area contributed by atoms with Gasteiger partial charge in [0.05, 0.1) is 12.7 Å². The highest BCUT2D eigenvalue weighted by molar-refractivity contribution is 5.94. The van der Waals surface area contributed by atoms with Crippen molar-refractivity contribution in [3.05, 3.63) is 81.9 Å². The van der Waals surface area contributed by atoms with E-state index in [4.69, 9.17) is 4.98 Å². The largest absolute Gasteiger partial charge is 0.336 e. The maximum absolute atomic E-state index is 13.0. The van der Waals surface area contributed by atoms with Gasteiger partial charge in [0, 0.05) is 23.7 Å². The van der Waals surface area contributed by atoms with E-state index in [0.717, 1.165) is 30.5 Å². The summed E-state index contributed by atoms with van der Waals surface area (Å²) < 4.78 is 1.63. The number of imidazole rings is 1. The highest BCUT2D eigenvalue weighted by atomic mass is 16.2. The van der Waals surface area contributed by atoms with Crippen LogP contribution in [0, 0.1) is 0 Å². The normalized spacial score (nSPS) is 16.2. The molecule has 1 atom stereocenters. The molecular weight excluding hydrogens is 438 g/mol. The molecule has 0 saturated carbocycles. The lowest BCUT2D eigenvalue weighted by Gasteiger charge is -2.33. The second kappa shape index (κ2) is 9.49. The molecule has 0 bridgehead atoms. The number of piperidine rings is 1. The number of carbonyl (C=O) groups is 1. The van der Waals surface area contributed by atoms with Gasteiger partial charge in [0.15, 0.2) is 11.5 Å². The maximum atomic E-state index is 13.0. The van der Waals surface area contributed by atoms with Gasteiger partial charge in [-0.2, -0.15) is 0 Å². The van der Waals surface area contributed by atoms with Crippen molar-refractivity contribution in [3.63, 3.8) is 0 Å². The quantitative estimate of drug-likeness (QED) is 0.447. The van der Waals surface area contributed by atoms with Crippen LogP contribution in [0.3, 0.4) is 0 Å². The first-order valence-corrected chi connectivity index (χ1v) is 12.4. The molecule has 1 amide bonds. The average Bonchev–Trinajstić information content (AvgIpc) is 3.18. The van der Waals surface area contributed by atoms with E-state index in [2.05, 4.69) is 36.8 Å². The van der Waals surface area contributed by atoms with Crippen molar-refractivity contribution in [2.75, 3.05) is 6.54 Å². The van der Waals surface area contributed by atoms with Crippen molar-refractivity contribution in [1.82, 2.24) is 24.4 Å². The first-order valence-electron chi connectivity index (χ1n) is 12.4. The van der Waals surface area contributed by atoms with Crippen LogP contribution in [0.15, 0.2) is 59.5 Å². The smallest absolute Gasteiger partial charge is 0.328 e. The summed E-state index contributed by atoms with van der Waals surface area (Å²) in [6.07, 6.45) is 4.97. The molecule has 1 N–H and O–H groups in total. The van der Waals surface area contributed by atoms with E-state index in [1.807, 2.05) is 47.4 Å². The molecule has 0 aliphatic carbocycles. The van der Waals surface area contributed by atoms with Crippen molar-refractivity contribution >= 4 is 17.1 Å². The van der Waals surface area contributed by atoms with E-state index in [-0.39, 0.29) is 17.6 Å². The molecule has 0 unspecified atom stereocenters. The molecular formula is C28H31N5O2. The van der Waals surface area contributed by atoms with E-state index in [1.54, 1.807) is 10.8 Å². The second-order valence-electron chi connectivity index (χ2n) is 9.73. The molecule has 0 spiro atoms. The number of H-pyrrole nitrogens is 1. The predicted molar refractivity (Wildman–Crippen MR) is 138 cm³/mol. The molecule has 2 aromatic carbocycles. The number of aromatic amines is 1. The zero-order chi connectivity index (χ0) is 24.5. The van der Waals surface area contributed by atoms with Gasteiger partial charge in [0.2, 0.25) is 0 Å². The molecule has 0 radical (unpaired) electrons. The van der Waals surface area contributed by atoms with Crippen LogP contribution in [0.1, 0.15) is 67.4 Å². The van der Waals surface area contributed by atoms with Crippen LogP contribution in [-0.4, -0.2) is 42.9 Å². The zero-order valence-corrected chi connectivity index (χ0v) is 20.5. The summed E-state index contributed by atoms with van der Waals surface area (Å²) in [5.74, 6) is 1.01. The molecule has 3 heterocycles. The van der Waals surface area contributed by atoms with E-state index >= 15 is 0 Å². The van der Waals surface area contributed by atoms with Crippen LogP contribution in [-0.2, 0) is 6.54 Å². The number of likely N-dealkylation sites (tertiary alicyclic amines) is 1. The number of amides is 1. The van der Waals surface area contributed by atoms with Gasteiger partial charge in [-0.1, -0.05) is 50.2 Å². The van der Waals surface area contributed by atoms with Gasteiger partial charge in [-0.3, -0.25) is 9.36 Å². The van der Waals surface area contributed by atoms with Crippen LogP contribution < -0.4 is 5.69 Å². The maximum Gasteiger partial charge on any atom is 0.328 e. The lowest BCUT2D eigenvalue weighted by Crippen LogP contribution is -2.42. The van der Waals surface area contributed by atoms with Crippen LogP contribution >= 0.6 is 0 Å². The Bertz CT molecular complexity index is 1420. The number of aromatic nitrogens is 4. The lowest BCUT2D eigenvalue weighted by molar-refractivity contribution is 0.0635. The number of nitrogens with zero attached hydrogens (tertiary/aromatic N) is 4. The Morgan fingerprint density at radius 3 is 2.63 bits per heavy atom. The number of rotatable bonds is 5. The standard InChI is InChI=1S/C28H31N5O2/c1-18(2)22-9-4-5-10-23(22)25-29-16-24-26(31-25)33(28(35)30-24)17-20-11-13-21(14-12-20)27(34)32-15-7-6-8-19(32)3/h4-5,9-14,16,18-19H,6-8,15,17H2,1-3H3,(H,30,35)/t19-/m0/s1. The molecule has 180 valence electrons. The van der Waals surface area contributed by atoms with Crippen LogP contribution in [0.2, 0.25) is 0 Å². The number of carbonyl (C=O) groups excluding carboxylic acids is 1. The summed E-state index contributed by atoms with van der Waals surface area (Å²) in [6.45, 7) is 7.57. The van der Waals surface area contributed by atoms with E-state index in [1.165, 1.54) is 12.0 Å². The number of nitrogens with one attached hydrogen (secondary N) is 1. The van der Waals surface area contributed by atoms with Crippen molar-refractivity contribution < 1.29 is 4.79 Å². The van der Waals surface area contributed by atoms with Crippen molar-refractivity contribution in [2.24, 2.45) is 0 Å². The number of fused-ring (bicyclic) bond motifs is 1. The van der Waals surface area contributed by atoms with E-state index in [9.17, 15) is 9.59 Å². The van der Waals surface area contributed by atoms with Gasteiger partial charge >= 0.3 is 5.69 Å². The lowest BCUT2D eigenvalue weighted by atomic mass is 9.97. The molecule has 4 aromatic rings. The van der Waals surface area contributed by atoms with Crippen LogP contribution in [0.25, 0.3) is 22.6 Å². The summed E-state index contributed by atoms with van der Waals surface area (Å²) in [7, 11) is 0. The average molecular weight is 470 g/mol. The fourth-order valence-corrected chi connectivity index (χ4v) is 4.93. The third-order valence-electron chi connectivity index (χ3n) is 6.94. The molecule has 7 heteroatoms. The topological polar surface area (TPSA) is 83.9 Å². The molecule has 7 nitrogen and oxygen atoms in total. The van der Waals surface area contributed by atoms with Crippen molar-refractivity contribution in [1.29, 1.82) is 0 Å². The van der Waals surface area contributed by atoms with E-state index in [0.29, 0.717) is 35.0 Å². The minimum Gasteiger partial charge on any atom is -0.336 e. The summed E-state index contributed by atoms with van der Waals surface area (Å²) in [4.78, 5) is 39.9. The van der Waals surface area contributed by atoms with Gasteiger partial charge in [0.25, 0.3) is 5.91 Å². The fraction of sp³-hybridized carbons (Fsp3) is 0.357.